The highest BCUT2D eigenvalue weighted by molar-refractivity contribution is 5.75. The molecule has 10 heavy (non-hydrogen) atoms. The molecule has 0 spiro atoms. The molecule has 0 aromatic heterocycles. The number of nitrogens with zero attached hydrogens (tertiary/aromatic N) is 2. The van der Waals surface area contributed by atoms with Gasteiger partial charge in [0.25, 0.3) is 0 Å². The van der Waals surface area contributed by atoms with E-state index in [0.29, 0.717) is 0 Å². The molecule has 1 heterocycles. The first-order chi connectivity index (χ1) is 4.19. The van der Waals surface area contributed by atoms with E-state index in [9.17, 15) is 0 Å². The Labute approximate surface area is 72.6 Å². The van der Waals surface area contributed by atoms with Gasteiger partial charge in [-0.05, 0) is 6.92 Å². The quantitative estimate of drug-likeness (QED) is 0.455. The average Bonchev–Trinajstić information content (AvgIpc) is 2.15. The summed E-state index contributed by atoms with van der Waals surface area (Å²) >= 11 is 0. The van der Waals surface area contributed by atoms with Crippen molar-refractivity contribution < 1.29 is 21.5 Å². The predicted molar refractivity (Wildman–Crippen MR) is 39.0 cm³/mol. The molecule has 1 aliphatic heterocycles. The van der Waals surface area contributed by atoms with E-state index in [1.165, 1.54) is 5.84 Å². The van der Waals surface area contributed by atoms with Gasteiger partial charge in [-0.3, -0.25) is 4.48 Å². The minimum absolute atomic E-state index is 0. The highest BCUT2D eigenvalue weighted by atomic mass is 79.9. The van der Waals surface area contributed by atoms with Crippen LogP contribution in [0.5, 0.6) is 0 Å². The van der Waals surface area contributed by atoms with E-state index in [0.717, 1.165) is 11.0 Å². The molecule has 2 nitrogen and oxygen atoms in total. The van der Waals surface area contributed by atoms with Gasteiger partial charge in [-0.1, -0.05) is 0 Å². The second-order valence-corrected chi connectivity index (χ2v) is 2.56. The number of aliphatic imine (C=N–C) groups is 1. The number of hydrogen-bond acceptors (Lipinski definition) is 1. The normalized spacial score (nSPS) is 29.7. The molecule has 0 aliphatic carbocycles. The van der Waals surface area contributed by atoms with Gasteiger partial charge < -0.3 is 17.0 Å². The third-order valence-electron chi connectivity index (χ3n) is 2.05. The molecule has 0 bridgehead atoms. The van der Waals surface area contributed by atoms with Gasteiger partial charge >= 0.3 is 0 Å². The number of rotatable bonds is 1. The third kappa shape index (κ3) is 1.47. The molecule has 1 unspecified atom stereocenters. The van der Waals surface area contributed by atoms with Crippen molar-refractivity contribution in [2.24, 2.45) is 4.99 Å². The first kappa shape index (κ1) is 9.85. The van der Waals surface area contributed by atoms with E-state index in [1.54, 1.807) is 0 Å². The zero-order valence-electron chi connectivity index (χ0n) is 6.63. The minimum Gasteiger partial charge on any atom is -1.00 e. The first-order valence-electron chi connectivity index (χ1n) is 3.27. The predicted octanol–water partition coefficient (Wildman–Crippen LogP) is -1.64. The Balaban J connectivity index is 0.000000810. The lowest BCUT2D eigenvalue weighted by molar-refractivity contribution is -0.761. The van der Waals surface area contributed by atoms with Crippen LogP contribution in [0.25, 0.3) is 0 Å². The summed E-state index contributed by atoms with van der Waals surface area (Å²) in [6.45, 7) is 5.31. The molecule has 0 aromatic carbocycles. The molecule has 0 aromatic rings. The molecular weight excluding hydrogens is 192 g/mol. The van der Waals surface area contributed by atoms with Gasteiger partial charge in [0.05, 0.1) is 19.8 Å². The van der Waals surface area contributed by atoms with Crippen molar-refractivity contribution in [2.75, 3.05) is 13.6 Å². The van der Waals surface area contributed by atoms with E-state index >= 15 is 0 Å². The largest absolute Gasteiger partial charge is 1.00 e. The summed E-state index contributed by atoms with van der Waals surface area (Å²) < 4.78 is 0.875. The lowest BCUT2D eigenvalue weighted by Gasteiger charge is -2.23. The Morgan fingerprint density at radius 2 is 2.20 bits per heavy atom. The molecule has 3 heteroatoms. The molecule has 1 rings (SSSR count). The summed E-state index contributed by atoms with van der Waals surface area (Å²) in [4.78, 5) is 4.17. The topological polar surface area (TPSA) is 12.4 Å². The lowest BCUT2D eigenvalue weighted by Crippen LogP contribution is -3.00. The summed E-state index contributed by atoms with van der Waals surface area (Å²) in [6, 6.07) is 0. The van der Waals surface area contributed by atoms with Crippen molar-refractivity contribution in [3.63, 3.8) is 0 Å². The zero-order chi connectivity index (χ0) is 6.91. The van der Waals surface area contributed by atoms with E-state index < -0.39 is 0 Å². The third-order valence-corrected chi connectivity index (χ3v) is 2.05. The molecule has 0 N–H and O–H groups in total. The zero-order valence-corrected chi connectivity index (χ0v) is 8.22. The Kier molecular flexibility index (Phi) is 3.25. The van der Waals surface area contributed by atoms with Gasteiger partial charge in [-0.15, -0.1) is 0 Å². The first-order valence-corrected chi connectivity index (χ1v) is 3.27. The van der Waals surface area contributed by atoms with Crippen LogP contribution in [0.1, 0.15) is 13.8 Å². The van der Waals surface area contributed by atoms with Gasteiger partial charge in [-0.2, -0.15) is 0 Å². The van der Waals surface area contributed by atoms with Crippen LogP contribution < -0.4 is 17.0 Å². The number of quaternary nitrogens is 1. The Hall–Kier alpha value is -0.150. The molecule has 58 valence electrons. The van der Waals surface area contributed by atoms with E-state index in [2.05, 4.69) is 32.1 Å². The molecule has 1 aliphatic rings. The number of halogens is 1. The van der Waals surface area contributed by atoms with Crippen LogP contribution in [-0.4, -0.2) is 23.9 Å². The fourth-order valence-corrected chi connectivity index (χ4v) is 0.862. The van der Waals surface area contributed by atoms with Crippen LogP contribution >= 0.6 is 0 Å². The summed E-state index contributed by atoms with van der Waals surface area (Å²) in [6.07, 6.45) is 3.98. The van der Waals surface area contributed by atoms with Gasteiger partial charge in [0.15, 0.2) is 0 Å². The van der Waals surface area contributed by atoms with Gasteiger partial charge in [0.2, 0.25) is 5.84 Å². The second-order valence-electron chi connectivity index (χ2n) is 2.56. The molecule has 0 fully saturated rings. The van der Waals surface area contributed by atoms with Crippen molar-refractivity contribution in [2.45, 2.75) is 13.8 Å². The van der Waals surface area contributed by atoms with Crippen molar-refractivity contribution >= 4 is 5.84 Å². The van der Waals surface area contributed by atoms with Crippen LogP contribution in [0, 0.1) is 0 Å². The lowest BCUT2D eigenvalue weighted by atomic mass is 10.4. The molecule has 0 saturated heterocycles. The standard InChI is InChI=1S/C7H13N2.BrH/c1-4-9(3)6-5-8-7(9)2;/h5-6H,4H2,1-3H3;1H/q+1;/p-1. The van der Waals surface area contributed by atoms with Gasteiger partial charge in [0, 0.05) is 6.92 Å². The number of hydrogen-bond donors (Lipinski definition) is 0. The summed E-state index contributed by atoms with van der Waals surface area (Å²) in [5.74, 6) is 1.18. The number of amidine groups is 1. The average molecular weight is 205 g/mol. The van der Waals surface area contributed by atoms with Gasteiger partial charge in [-0.25, -0.2) is 4.99 Å². The summed E-state index contributed by atoms with van der Waals surface area (Å²) in [5, 5.41) is 0. The maximum absolute atomic E-state index is 4.17. The Morgan fingerprint density at radius 3 is 2.40 bits per heavy atom. The molecule has 0 saturated carbocycles. The Bertz CT molecular complexity index is 174. The summed E-state index contributed by atoms with van der Waals surface area (Å²) in [5.41, 5.74) is 0. The highest BCUT2D eigenvalue weighted by Gasteiger charge is 2.23. The fourth-order valence-electron chi connectivity index (χ4n) is 0.862. The molecule has 0 amide bonds. The molecule has 0 radical (unpaired) electrons. The fraction of sp³-hybridized carbons (Fsp3) is 0.571. The van der Waals surface area contributed by atoms with Gasteiger partial charge in [0.1, 0.15) is 6.20 Å². The maximum atomic E-state index is 4.17. The van der Waals surface area contributed by atoms with Crippen LogP contribution in [0.15, 0.2) is 17.4 Å². The summed E-state index contributed by atoms with van der Waals surface area (Å²) in [7, 11) is 2.16. The van der Waals surface area contributed by atoms with E-state index in [4.69, 9.17) is 0 Å². The van der Waals surface area contributed by atoms with Crippen molar-refractivity contribution in [3.8, 4) is 0 Å². The maximum Gasteiger partial charge on any atom is 0.204 e. The van der Waals surface area contributed by atoms with Crippen LogP contribution in [-0.2, 0) is 0 Å². The van der Waals surface area contributed by atoms with Crippen molar-refractivity contribution in [1.82, 2.24) is 0 Å². The SMILES string of the molecule is CC[N+]1(C)C=CN=C1C.[Br-]. The van der Waals surface area contributed by atoms with Crippen LogP contribution in [0.2, 0.25) is 0 Å². The van der Waals surface area contributed by atoms with Crippen molar-refractivity contribution in [1.29, 1.82) is 0 Å². The molecular formula is C7H13BrN2. The van der Waals surface area contributed by atoms with Crippen LogP contribution in [0.4, 0.5) is 0 Å². The monoisotopic (exact) mass is 204 g/mol. The van der Waals surface area contributed by atoms with Crippen LogP contribution in [0.3, 0.4) is 0 Å². The second kappa shape index (κ2) is 3.30. The molecule has 1 atom stereocenters. The Morgan fingerprint density at radius 1 is 1.60 bits per heavy atom. The minimum atomic E-state index is 0. The smallest absolute Gasteiger partial charge is 0.204 e. The van der Waals surface area contributed by atoms with Crippen molar-refractivity contribution in [3.05, 3.63) is 12.4 Å². The van der Waals surface area contributed by atoms with E-state index in [1.807, 2.05) is 6.20 Å². The van der Waals surface area contributed by atoms with E-state index in [-0.39, 0.29) is 17.0 Å². The highest BCUT2D eigenvalue weighted by Crippen LogP contribution is 2.11.